The van der Waals surface area contributed by atoms with Gasteiger partial charge in [0.25, 0.3) is 5.69 Å². The molecule has 0 saturated carbocycles. The van der Waals surface area contributed by atoms with Gasteiger partial charge in [0.15, 0.2) is 0 Å². The second kappa shape index (κ2) is 7.92. The highest BCUT2D eigenvalue weighted by Gasteiger charge is 2.21. The Kier molecular flexibility index (Phi) is 5.16. The smallest absolute Gasteiger partial charge is 0.273 e. The lowest BCUT2D eigenvalue weighted by Crippen LogP contribution is -2.05. The minimum atomic E-state index is -0.875. The molecule has 0 aliphatic carbocycles. The summed E-state index contributed by atoms with van der Waals surface area (Å²) in [6, 6.07) is 14.1. The Balaban J connectivity index is 1.60. The molecule has 8 nitrogen and oxygen atoms in total. The van der Waals surface area contributed by atoms with Crippen LogP contribution in [0.4, 0.5) is 5.69 Å². The number of rotatable bonds is 6. The minimum Gasteiger partial charge on any atom is -0.388 e. The van der Waals surface area contributed by atoms with Crippen LogP contribution in [0, 0.1) is 24.0 Å². The number of hydrogen-bond acceptors (Lipinski definition) is 6. The van der Waals surface area contributed by atoms with Crippen molar-refractivity contribution in [3.05, 3.63) is 93.6 Å². The van der Waals surface area contributed by atoms with Gasteiger partial charge in [0, 0.05) is 36.0 Å². The van der Waals surface area contributed by atoms with E-state index >= 15 is 0 Å². The van der Waals surface area contributed by atoms with E-state index in [1.807, 2.05) is 24.4 Å². The molecule has 152 valence electrons. The Morgan fingerprint density at radius 1 is 1.20 bits per heavy atom. The van der Waals surface area contributed by atoms with Crippen LogP contribution in [0.5, 0.6) is 0 Å². The summed E-state index contributed by atoms with van der Waals surface area (Å²) in [7, 11) is 0. The van der Waals surface area contributed by atoms with Crippen LogP contribution < -0.4 is 0 Å². The summed E-state index contributed by atoms with van der Waals surface area (Å²) < 4.78 is 6.89. The molecule has 8 heteroatoms. The molecule has 0 fully saturated rings. The fourth-order valence-electron chi connectivity index (χ4n) is 3.55. The number of aryl methyl sites for hydroxylation is 2. The number of aliphatic hydroxyl groups excluding tert-OH is 1. The third kappa shape index (κ3) is 3.72. The molecule has 0 saturated heterocycles. The molecule has 2 aromatic carbocycles. The summed E-state index contributed by atoms with van der Waals surface area (Å²) in [5.41, 5.74) is 4.05. The summed E-state index contributed by atoms with van der Waals surface area (Å²) in [5, 5.41) is 30.4. The molecular weight excluding hydrogens is 384 g/mol. The first-order valence-electron chi connectivity index (χ1n) is 9.42. The highest BCUT2D eigenvalue weighted by atomic mass is 16.6. The topological polar surface area (TPSA) is 107 Å². The average Bonchev–Trinajstić information content (AvgIpc) is 3.38. The third-order valence-corrected chi connectivity index (χ3v) is 5.06. The van der Waals surface area contributed by atoms with Crippen molar-refractivity contribution in [1.29, 1.82) is 0 Å². The lowest BCUT2D eigenvalue weighted by atomic mass is 9.96. The fraction of sp³-hybridized carbons (Fsp3) is 0.182. The summed E-state index contributed by atoms with van der Waals surface area (Å²) in [4.78, 5) is 11.3. The number of aliphatic hydroxyl groups is 1. The number of nitrogens with zero attached hydrogens (tertiary/aromatic N) is 4. The van der Waals surface area contributed by atoms with E-state index in [0.717, 1.165) is 11.3 Å². The third-order valence-electron chi connectivity index (χ3n) is 5.06. The Hall–Kier alpha value is -3.78. The van der Waals surface area contributed by atoms with Gasteiger partial charge >= 0.3 is 0 Å². The van der Waals surface area contributed by atoms with E-state index in [-0.39, 0.29) is 12.1 Å². The van der Waals surface area contributed by atoms with Gasteiger partial charge in [-0.15, -0.1) is 0 Å². The largest absolute Gasteiger partial charge is 0.388 e. The molecule has 2 aromatic heterocycles. The van der Waals surface area contributed by atoms with Gasteiger partial charge in [-0.05, 0) is 43.2 Å². The van der Waals surface area contributed by atoms with Crippen molar-refractivity contribution in [3.63, 3.8) is 0 Å². The van der Waals surface area contributed by atoms with Crippen molar-refractivity contribution in [1.82, 2.24) is 14.9 Å². The highest BCUT2D eigenvalue weighted by Crippen LogP contribution is 2.33. The van der Waals surface area contributed by atoms with Gasteiger partial charge in [-0.25, -0.2) is 4.68 Å². The van der Waals surface area contributed by atoms with Crippen LogP contribution in [-0.2, 0) is 6.42 Å². The quantitative estimate of drug-likeness (QED) is 0.379. The van der Waals surface area contributed by atoms with Gasteiger partial charge < -0.3 is 9.63 Å². The zero-order valence-corrected chi connectivity index (χ0v) is 16.5. The maximum atomic E-state index is 11.7. The molecule has 4 aromatic rings. The van der Waals surface area contributed by atoms with E-state index in [9.17, 15) is 15.2 Å². The van der Waals surface area contributed by atoms with E-state index in [1.165, 1.54) is 6.07 Å². The predicted molar refractivity (Wildman–Crippen MR) is 110 cm³/mol. The lowest BCUT2D eigenvalue weighted by molar-refractivity contribution is -0.385. The normalized spacial score (nSPS) is 12.1. The molecular formula is C22H20N4O4. The number of nitro groups is 1. The van der Waals surface area contributed by atoms with Crippen LogP contribution in [0.25, 0.3) is 16.8 Å². The zero-order valence-electron chi connectivity index (χ0n) is 16.5. The standard InChI is InChI=1S/C22H20N4O4/c1-14-22(15(2)30-24-14)18-5-4-17(20(12-18)26(28)29)13-21(27)16-6-8-19(9-7-16)25-11-3-10-23-25/h3-12,21,27H,13H2,1-2H3. The summed E-state index contributed by atoms with van der Waals surface area (Å²) in [5.74, 6) is 0.604. The van der Waals surface area contributed by atoms with Crippen LogP contribution in [0.15, 0.2) is 65.4 Å². The number of nitro benzene ring substituents is 1. The minimum absolute atomic E-state index is 0.0419. The Morgan fingerprint density at radius 2 is 1.97 bits per heavy atom. The van der Waals surface area contributed by atoms with Crippen LogP contribution in [0.1, 0.15) is 28.7 Å². The van der Waals surface area contributed by atoms with Gasteiger partial charge in [-0.2, -0.15) is 5.10 Å². The van der Waals surface area contributed by atoms with Gasteiger partial charge in [0.05, 0.1) is 22.4 Å². The molecule has 1 unspecified atom stereocenters. The van der Waals surface area contributed by atoms with E-state index in [0.29, 0.717) is 28.1 Å². The highest BCUT2D eigenvalue weighted by molar-refractivity contribution is 5.70. The molecule has 0 amide bonds. The van der Waals surface area contributed by atoms with Crippen molar-refractivity contribution < 1.29 is 14.6 Å². The molecule has 0 aliphatic rings. The zero-order chi connectivity index (χ0) is 21.3. The van der Waals surface area contributed by atoms with Gasteiger partial charge in [-0.1, -0.05) is 29.4 Å². The average molecular weight is 404 g/mol. The van der Waals surface area contributed by atoms with Gasteiger partial charge in [0.2, 0.25) is 0 Å². The summed E-state index contributed by atoms with van der Waals surface area (Å²) in [6.45, 7) is 3.56. The van der Waals surface area contributed by atoms with Crippen molar-refractivity contribution >= 4 is 5.69 Å². The van der Waals surface area contributed by atoms with Crippen LogP contribution in [0.2, 0.25) is 0 Å². The van der Waals surface area contributed by atoms with Crippen molar-refractivity contribution in [2.45, 2.75) is 26.4 Å². The maximum absolute atomic E-state index is 11.7. The molecule has 0 radical (unpaired) electrons. The first-order chi connectivity index (χ1) is 14.4. The van der Waals surface area contributed by atoms with Crippen LogP contribution >= 0.6 is 0 Å². The summed E-state index contributed by atoms with van der Waals surface area (Å²) >= 11 is 0. The molecule has 0 spiro atoms. The molecule has 0 aliphatic heterocycles. The Bertz CT molecular complexity index is 1160. The molecule has 0 bridgehead atoms. The fourth-order valence-corrected chi connectivity index (χ4v) is 3.55. The van der Waals surface area contributed by atoms with E-state index in [2.05, 4.69) is 10.3 Å². The number of hydrogen-bond donors (Lipinski definition) is 1. The first kappa shape index (κ1) is 19.5. The predicted octanol–water partition coefficient (Wildman–Crippen LogP) is 4.33. The van der Waals surface area contributed by atoms with E-state index in [1.54, 1.807) is 49.0 Å². The van der Waals surface area contributed by atoms with Gasteiger partial charge in [-0.3, -0.25) is 10.1 Å². The molecule has 4 rings (SSSR count). The summed E-state index contributed by atoms with van der Waals surface area (Å²) in [6.07, 6.45) is 2.77. The monoisotopic (exact) mass is 404 g/mol. The first-order valence-corrected chi connectivity index (χ1v) is 9.42. The van der Waals surface area contributed by atoms with E-state index in [4.69, 9.17) is 4.52 Å². The van der Waals surface area contributed by atoms with Crippen molar-refractivity contribution in [2.24, 2.45) is 0 Å². The van der Waals surface area contributed by atoms with Crippen molar-refractivity contribution in [3.8, 4) is 16.8 Å². The molecule has 1 N–H and O–H groups in total. The number of benzene rings is 2. The Labute approximate surface area is 172 Å². The molecule has 2 heterocycles. The van der Waals surface area contributed by atoms with E-state index < -0.39 is 11.0 Å². The van der Waals surface area contributed by atoms with Crippen LogP contribution in [0.3, 0.4) is 0 Å². The maximum Gasteiger partial charge on any atom is 0.273 e. The second-order valence-corrected chi connectivity index (χ2v) is 7.06. The molecule has 30 heavy (non-hydrogen) atoms. The Morgan fingerprint density at radius 3 is 2.57 bits per heavy atom. The SMILES string of the molecule is Cc1noc(C)c1-c1ccc(CC(O)c2ccc(-n3cccn3)cc2)c([N+](=O)[O-])c1. The second-order valence-electron chi connectivity index (χ2n) is 7.06. The van der Waals surface area contributed by atoms with Crippen LogP contribution in [-0.4, -0.2) is 25.0 Å². The van der Waals surface area contributed by atoms with Crippen molar-refractivity contribution in [2.75, 3.05) is 0 Å². The molecule has 1 atom stereocenters. The number of aromatic nitrogens is 3. The lowest BCUT2D eigenvalue weighted by Gasteiger charge is -2.13. The van der Waals surface area contributed by atoms with Gasteiger partial charge in [0.1, 0.15) is 5.76 Å².